The molecular formula is C97H110F5N13O22S3. The Balaban J connectivity index is 0.000000104. The zero-order valence-electron chi connectivity index (χ0n) is 77.6. The van der Waals surface area contributed by atoms with Gasteiger partial charge in [0.25, 0.3) is 0 Å². The average Bonchev–Trinajstić information content (AvgIpc) is 1.37. The number of hydrogen-bond donors (Lipinski definition) is 0. The van der Waals surface area contributed by atoms with Crippen molar-refractivity contribution in [2.45, 2.75) is 164 Å². The number of carbonyl (C=O) groups is 9. The molecule has 2 saturated carbocycles. The van der Waals surface area contributed by atoms with Crippen LogP contribution in [-0.2, 0) is 63.6 Å². The van der Waals surface area contributed by atoms with Crippen molar-refractivity contribution in [3.05, 3.63) is 102 Å². The van der Waals surface area contributed by atoms with Gasteiger partial charge in [0, 0.05) is 204 Å². The van der Waals surface area contributed by atoms with Crippen molar-refractivity contribution in [1.29, 1.82) is 0 Å². The van der Waals surface area contributed by atoms with Gasteiger partial charge >= 0.3 is 36.4 Å². The predicted octanol–water partition coefficient (Wildman–Crippen LogP) is 12.8. The largest absolute Gasteiger partial charge is 0.489 e. The number of fused-ring (bicyclic) bond motifs is 15. The Hall–Kier alpha value is -11.3. The molecule has 14 fully saturated rings. The maximum atomic E-state index is 14.9. The van der Waals surface area contributed by atoms with Crippen molar-refractivity contribution in [3.63, 3.8) is 0 Å². The van der Waals surface area contributed by atoms with Crippen LogP contribution in [0.3, 0.4) is 0 Å². The van der Waals surface area contributed by atoms with Crippen LogP contribution in [0.15, 0.2) is 73.1 Å². The monoisotopic (exact) mass is 2000 g/mol. The molecule has 0 N–H and O–H groups in total. The van der Waals surface area contributed by atoms with Gasteiger partial charge < -0.3 is 90.9 Å². The van der Waals surface area contributed by atoms with Crippen LogP contribution in [0.1, 0.15) is 96.8 Å². The zero-order chi connectivity index (χ0) is 96.5. The Kier molecular flexibility index (Phi) is 27.0. The van der Waals surface area contributed by atoms with Gasteiger partial charge in [-0.1, -0.05) is 18.1 Å². The molecule has 6 aromatic rings. The normalized spacial score (nSPS) is 26.1. The van der Waals surface area contributed by atoms with Crippen molar-refractivity contribution in [2.24, 2.45) is 22.7 Å². The fourth-order valence-corrected chi connectivity index (χ4v) is 24.4. The topological polar surface area (TPSA) is 337 Å². The maximum Gasteiger partial charge on any atom is 0.415 e. The van der Waals surface area contributed by atoms with E-state index in [1.165, 1.54) is 68.9 Å². The zero-order valence-corrected chi connectivity index (χ0v) is 80.0. The Morgan fingerprint density at radius 1 is 0.386 bits per heavy atom. The SMILES string of the molecule is CC(=O)CC[C@H]1OC(=O)N2c3cc(F)c(N4CCSCC4)cc3OC[C@H]12.COC(=O)CC[C@H]1OC(=O)N2c3cc(F)c(N4CCSCC4)cc3OC[C@H]12.O=C(CC[C@@H]1OC(=O)N2c3cc(F)c(N4CC5(COC5)C4)cc3OC[C@@H]12)C1CCC1.O=C(CC[C@H]1OC(=O)N2c3cc(F)c(N4CCSCC4)cc3OC[C@H]12)C1CCC1.O=C1O[C@@H](Cn2ccnn2)[C@@H]2COc3cc(N4CC5(COC5)C4)c(F)cc3N12. The minimum Gasteiger partial charge on any atom is -0.489 e. The second kappa shape index (κ2) is 39.9. The molecule has 25 rings (SSSR count). The number of carbonyl (C=O) groups excluding carboxylic acids is 9. The Morgan fingerprint density at radius 2 is 0.671 bits per heavy atom. The van der Waals surface area contributed by atoms with E-state index in [2.05, 4.69) is 15.0 Å². The van der Waals surface area contributed by atoms with Gasteiger partial charge in [0.05, 0.1) is 114 Å². The Bertz CT molecular complexity index is 5760. The highest BCUT2D eigenvalue weighted by molar-refractivity contribution is 7.99. The second-order valence-corrected chi connectivity index (χ2v) is 42.6. The molecule has 0 unspecified atom stereocenters. The smallest absolute Gasteiger partial charge is 0.415 e. The van der Waals surface area contributed by atoms with Crippen LogP contribution in [0.25, 0.3) is 0 Å². The number of amides is 5. The number of esters is 1. The minimum atomic E-state index is -0.541. The molecule has 5 amide bonds. The molecule has 0 radical (unpaired) electrons. The molecule has 2 aliphatic carbocycles. The third-order valence-electron chi connectivity index (χ3n) is 30.0. The van der Waals surface area contributed by atoms with Crippen LogP contribution in [0.4, 0.5) is 103 Å². The number of ether oxygens (including phenoxy) is 13. The first-order chi connectivity index (χ1) is 67.9. The van der Waals surface area contributed by atoms with E-state index < -0.39 is 61.0 Å². The summed E-state index contributed by atoms with van der Waals surface area (Å²) >= 11 is 5.58. The van der Waals surface area contributed by atoms with Gasteiger partial charge in [-0.25, -0.2) is 50.6 Å². The summed E-state index contributed by atoms with van der Waals surface area (Å²) in [7, 11) is 1.32. The van der Waals surface area contributed by atoms with Gasteiger partial charge in [-0.2, -0.15) is 35.3 Å². The standard InChI is InChI=1S/C22H25FN2O5.C21H25FN2O4S.C18H18FN5O4.C18H21FN2O5S.C18H21FN2O4S/c23-14-6-16-20(7-15(14)24-9-22(10-24)11-28-12-22)29-8-17-19(30-21(27)25(16)17)5-4-18(26)13-2-1-3-13;22-14-10-16-20(11-15(14)23-6-8-29-9-7-23)27-12-17-19(28-21(26)24(16)17)5-4-18(25)13-2-1-3-13;19-11-3-13-15(4-12(11)22-7-18(8-22)9-26-10-18)27-6-14-16(28-17(25)24(13)14)5-23-2-1-20-21-23;1-24-17(22)3-2-15-14-10-25-16-9-12(20-4-6-27-7-5-20)11(19)8-13(16)21(14)18(23)26-15;1-11(22)2-3-16-15-10-24-17-9-13(20-4-6-26-7-5-20)12(19)8-14(17)21(15)18(23)25-16/h6-7,13,17,19H,1-5,8-12H2;10-11,13,17,19H,1-9,12H2;1-4,14,16H,5-10H2;8-9,14-15H,2-7,10H2,1H3;8-9,15-16H,2-7,10H2,1H3/t2*17-,19-;14-,16-;14-,15-;15-,16-/m01011/s1. The molecule has 12 saturated heterocycles. The Labute approximate surface area is 816 Å². The molecular weight excluding hydrogens is 1890 g/mol. The highest BCUT2D eigenvalue weighted by Crippen LogP contribution is 2.53. The number of thioether (sulfide) groups is 3. The van der Waals surface area contributed by atoms with E-state index in [4.69, 9.17) is 56.8 Å². The van der Waals surface area contributed by atoms with Gasteiger partial charge in [0.15, 0.2) is 0 Å². The summed E-state index contributed by atoms with van der Waals surface area (Å²) in [5.41, 5.74) is 4.93. The van der Waals surface area contributed by atoms with Crippen LogP contribution in [0.2, 0.25) is 0 Å². The van der Waals surface area contributed by atoms with E-state index in [-0.39, 0.29) is 138 Å². The van der Waals surface area contributed by atoms with Crippen molar-refractivity contribution < 1.29 is 127 Å². The van der Waals surface area contributed by atoms with Gasteiger partial charge in [0.1, 0.15) is 169 Å². The molecule has 35 nitrogen and oxygen atoms in total. The number of hydrogen-bond acceptors (Lipinski definition) is 32. The number of aromatic nitrogens is 3. The fourth-order valence-electron chi connectivity index (χ4n) is 21.6. The maximum absolute atomic E-state index is 14.9. The number of rotatable bonds is 21. The molecule has 17 aliphatic heterocycles. The summed E-state index contributed by atoms with van der Waals surface area (Å²) in [4.78, 5) is 127. The van der Waals surface area contributed by atoms with E-state index in [9.17, 15) is 65.1 Å². The van der Waals surface area contributed by atoms with E-state index in [1.54, 1.807) is 47.4 Å². The third-order valence-corrected chi connectivity index (χ3v) is 32.8. The molecule has 5 aromatic carbocycles. The van der Waals surface area contributed by atoms with E-state index in [0.717, 1.165) is 165 Å². The highest BCUT2D eigenvalue weighted by Gasteiger charge is 2.56. The quantitative estimate of drug-likeness (QED) is 0.0367. The summed E-state index contributed by atoms with van der Waals surface area (Å²) in [5.74, 6) is 7.02. The van der Waals surface area contributed by atoms with Gasteiger partial charge in [-0.05, 0) is 58.3 Å². The van der Waals surface area contributed by atoms with Gasteiger partial charge in [-0.3, -0.25) is 38.9 Å². The lowest BCUT2D eigenvalue weighted by atomic mass is 9.77. The van der Waals surface area contributed by atoms with Crippen LogP contribution < -0.4 is 72.7 Å². The number of cyclic esters (lactones) is 5. The van der Waals surface area contributed by atoms with Crippen LogP contribution in [-0.4, -0.2) is 296 Å². The molecule has 18 heterocycles. The number of methoxy groups -OCH3 is 1. The van der Waals surface area contributed by atoms with Crippen LogP contribution in [0, 0.1) is 51.8 Å². The molecule has 1 aromatic heterocycles. The molecule has 2 spiro atoms. The van der Waals surface area contributed by atoms with Crippen molar-refractivity contribution in [2.75, 3.05) is 216 Å². The summed E-state index contributed by atoms with van der Waals surface area (Å²) in [5, 5.41) is 7.67. The van der Waals surface area contributed by atoms with Crippen LogP contribution in [0.5, 0.6) is 28.7 Å². The first-order valence-corrected chi connectivity index (χ1v) is 51.8. The van der Waals surface area contributed by atoms with Crippen molar-refractivity contribution in [3.8, 4) is 28.7 Å². The molecule has 140 heavy (non-hydrogen) atoms. The highest BCUT2D eigenvalue weighted by atomic mass is 32.2. The number of nitrogens with zero attached hydrogens (tertiary/aromatic N) is 13. The first kappa shape index (κ1) is 94.9. The summed E-state index contributed by atoms with van der Waals surface area (Å²) in [6.07, 6.45) is 7.81. The molecule has 748 valence electrons. The van der Waals surface area contributed by atoms with Gasteiger partial charge in [-0.15, -0.1) is 5.10 Å². The number of halogens is 5. The summed E-state index contributed by atoms with van der Waals surface area (Å²) in [6, 6.07) is 13.6. The van der Waals surface area contributed by atoms with Crippen molar-refractivity contribution >= 4 is 146 Å². The number of benzene rings is 5. The molecule has 43 heteroatoms. The minimum absolute atomic E-state index is 0.0482. The lowest BCUT2D eigenvalue weighted by Gasteiger charge is -2.56. The average molecular weight is 2000 g/mol. The molecule has 19 aliphatic rings. The lowest BCUT2D eigenvalue weighted by molar-refractivity contribution is -0.141. The lowest BCUT2D eigenvalue weighted by Crippen LogP contribution is -2.66. The summed E-state index contributed by atoms with van der Waals surface area (Å²) < 4.78 is 148. The number of Topliss-reactive ketones (excluding diaryl/α,β-unsaturated/α-hetero) is 3. The van der Waals surface area contributed by atoms with Gasteiger partial charge in [0.2, 0.25) is 0 Å². The Morgan fingerprint density at radius 3 is 0.936 bits per heavy atom. The number of anilines is 10. The first-order valence-electron chi connectivity index (χ1n) is 48.3. The summed E-state index contributed by atoms with van der Waals surface area (Å²) in [6.45, 7) is 14.0. The molecule has 0 bridgehead atoms. The van der Waals surface area contributed by atoms with E-state index >= 15 is 0 Å². The number of ketones is 3. The second-order valence-electron chi connectivity index (χ2n) is 39.0. The van der Waals surface area contributed by atoms with Crippen molar-refractivity contribution in [1.82, 2.24) is 15.0 Å². The molecule has 10 atom stereocenters. The van der Waals surface area contributed by atoms with Crippen LogP contribution >= 0.6 is 35.3 Å². The van der Waals surface area contributed by atoms with E-state index in [0.29, 0.717) is 144 Å². The third kappa shape index (κ3) is 18.8. The fraction of sp³-hybridized carbons (Fsp3) is 0.577. The predicted molar refractivity (Wildman–Crippen MR) is 506 cm³/mol. The van der Waals surface area contributed by atoms with E-state index in [1.807, 2.05) is 59.8 Å².